The lowest BCUT2D eigenvalue weighted by atomic mass is 10.1. The molecule has 0 saturated heterocycles. The quantitative estimate of drug-likeness (QED) is 0.682. The van der Waals surface area contributed by atoms with Gasteiger partial charge in [-0.1, -0.05) is 42.5 Å². The van der Waals surface area contributed by atoms with Gasteiger partial charge in [0.1, 0.15) is 11.6 Å². The lowest BCUT2D eigenvalue weighted by molar-refractivity contribution is -0.132. The summed E-state index contributed by atoms with van der Waals surface area (Å²) in [6.45, 7) is 1.59. The number of hydrogen-bond donors (Lipinski definition) is 2. The molecule has 0 aromatic heterocycles. The molecule has 0 aliphatic heterocycles. The van der Waals surface area contributed by atoms with E-state index in [1.54, 1.807) is 13.0 Å². The molecule has 0 fully saturated rings. The van der Waals surface area contributed by atoms with Crippen molar-refractivity contribution in [1.29, 1.82) is 0 Å². The standard InChI is InChI=1S/C21H19FN2O3/c1-14(27-19-11-8-16-4-2-3-5-17(16)13-19)21(26)24-23-20(25)12-15-6-9-18(22)10-7-15/h2-11,13-14H,12H2,1H3,(H,23,25)(H,24,26). The van der Waals surface area contributed by atoms with Crippen molar-refractivity contribution in [2.75, 3.05) is 0 Å². The van der Waals surface area contributed by atoms with Crippen LogP contribution in [0.15, 0.2) is 66.7 Å². The Balaban J connectivity index is 1.50. The van der Waals surface area contributed by atoms with E-state index in [1.165, 1.54) is 24.3 Å². The topological polar surface area (TPSA) is 67.4 Å². The van der Waals surface area contributed by atoms with Gasteiger partial charge in [0.25, 0.3) is 5.91 Å². The minimum atomic E-state index is -0.794. The molecule has 0 aliphatic rings. The van der Waals surface area contributed by atoms with Crippen molar-refractivity contribution in [2.45, 2.75) is 19.4 Å². The maximum absolute atomic E-state index is 12.9. The maximum Gasteiger partial charge on any atom is 0.279 e. The smallest absolute Gasteiger partial charge is 0.279 e. The second-order valence-corrected chi connectivity index (χ2v) is 6.11. The third-order valence-corrected chi connectivity index (χ3v) is 4.01. The Hall–Kier alpha value is -3.41. The van der Waals surface area contributed by atoms with Crippen molar-refractivity contribution in [3.63, 3.8) is 0 Å². The van der Waals surface area contributed by atoms with E-state index in [9.17, 15) is 14.0 Å². The van der Waals surface area contributed by atoms with Crippen LogP contribution in [0.5, 0.6) is 5.75 Å². The summed E-state index contributed by atoms with van der Waals surface area (Å²) in [4.78, 5) is 24.0. The van der Waals surface area contributed by atoms with Gasteiger partial charge >= 0.3 is 0 Å². The zero-order valence-electron chi connectivity index (χ0n) is 14.7. The van der Waals surface area contributed by atoms with Gasteiger partial charge in [-0.15, -0.1) is 0 Å². The summed E-state index contributed by atoms with van der Waals surface area (Å²) in [6, 6.07) is 19.0. The van der Waals surface area contributed by atoms with E-state index < -0.39 is 17.9 Å². The first-order chi connectivity index (χ1) is 13.0. The van der Waals surface area contributed by atoms with Crippen LogP contribution in [0.1, 0.15) is 12.5 Å². The van der Waals surface area contributed by atoms with Gasteiger partial charge in [0, 0.05) is 0 Å². The molecule has 2 N–H and O–H groups in total. The van der Waals surface area contributed by atoms with Gasteiger partial charge in [-0.25, -0.2) is 4.39 Å². The minimum absolute atomic E-state index is 0.0282. The summed E-state index contributed by atoms with van der Waals surface area (Å²) in [7, 11) is 0. The number of fused-ring (bicyclic) bond motifs is 1. The number of carbonyl (C=O) groups excluding carboxylic acids is 2. The van der Waals surface area contributed by atoms with E-state index in [0.29, 0.717) is 11.3 Å². The second-order valence-electron chi connectivity index (χ2n) is 6.11. The Labute approximate surface area is 156 Å². The molecule has 0 radical (unpaired) electrons. The number of carbonyl (C=O) groups is 2. The number of ether oxygens (including phenoxy) is 1. The minimum Gasteiger partial charge on any atom is -0.481 e. The molecule has 1 unspecified atom stereocenters. The highest BCUT2D eigenvalue weighted by Gasteiger charge is 2.15. The summed E-state index contributed by atoms with van der Waals surface area (Å²) < 4.78 is 18.5. The molecule has 0 spiro atoms. The van der Waals surface area contributed by atoms with E-state index >= 15 is 0 Å². The van der Waals surface area contributed by atoms with Gasteiger partial charge in [0.05, 0.1) is 6.42 Å². The molecule has 6 heteroatoms. The van der Waals surface area contributed by atoms with Gasteiger partial charge in [0.2, 0.25) is 5.91 Å². The molecular formula is C21H19FN2O3. The zero-order chi connectivity index (χ0) is 19.2. The van der Waals surface area contributed by atoms with Crippen LogP contribution in [0.25, 0.3) is 10.8 Å². The highest BCUT2D eigenvalue weighted by atomic mass is 19.1. The normalized spacial score (nSPS) is 11.6. The van der Waals surface area contributed by atoms with E-state index in [2.05, 4.69) is 10.9 Å². The van der Waals surface area contributed by atoms with E-state index in [1.807, 2.05) is 36.4 Å². The number of amides is 2. The monoisotopic (exact) mass is 366 g/mol. The molecule has 138 valence electrons. The van der Waals surface area contributed by atoms with Crippen LogP contribution < -0.4 is 15.6 Å². The third-order valence-electron chi connectivity index (χ3n) is 4.01. The van der Waals surface area contributed by atoms with Crippen LogP contribution in [-0.2, 0) is 16.0 Å². The van der Waals surface area contributed by atoms with Gasteiger partial charge in [-0.05, 0) is 47.5 Å². The zero-order valence-corrected chi connectivity index (χ0v) is 14.7. The van der Waals surface area contributed by atoms with Gasteiger partial charge < -0.3 is 4.74 Å². The van der Waals surface area contributed by atoms with Crippen LogP contribution in [0.4, 0.5) is 4.39 Å². The molecule has 1 atom stereocenters. The second kappa shape index (κ2) is 8.31. The van der Waals surface area contributed by atoms with Crippen molar-refractivity contribution in [1.82, 2.24) is 10.9 Å². The fourth-order valence-electron chi connectivity index (χ4n) is 2.56. The molecule has 27 heavy (non-hydrogen) atoms. The fraction of sp³-hybridized carbons (Fsp3) is 0.143. The van der Waals surface area contributed by atoms with Crippen molar-refractivity contribution < 1.29 is 18.7 Å². The molecule has 0 bridgehead atoms. The van der Waals surface area contributed by atoms with Crippen LogP contribution >= 0.6 is 0 Å². The number of rotatable bonds is 5. The molecule has 3 aromatic rings. The van der Waals surface area contributed by atoms with Crippen molar-refractivity contribution in [3.05, 3.63) is 78.1 Å². The number of nitrogens with one attached hydrogen (secondary N) is 2. The summed E-state index contributed by atoms with van der Waals surface area (Å²) in [5.74, 6) is -0.690. The van der Waals surface area contributed by atoms with Crippen molar-refractivity contribution >= 4 is 22.6 Å². The molecule has 0 heterocycles. The molecule has 3 rings (SSSR count). The molecule has 5 nitrogen and oxygen atoms in total. The SMILES string of the molecule is CC(Oc1ccc2ccccc2c1)C(=O)NNC(=O)Cc1ccc(F)cc1. The number of halogens is 1. The summed E-state index contributed by atoms with van der Waals surface area (Å²) >= 11 is 0. The van der Waals surface area contributed by atoms with E-state index in [0.717, 1.165) is 10.8 Å². The summed E-state index contributed by atoms with van der Waals surface area (Å²) in [5.41, 5.74) is 5.31. The molecule has 3 aromatic carbocycles. The Kier molecular flexibility index (Phi) is 5.66. The molecule has 0 saturated carbocycles. The van der Waals surface area contributed by atoms with Gasteiger partial charge in [0.15, 0.2) is 6.10 Å². The van der Waals surface area contributed by atoms with Gasteiger partial charge in [-0.2, -0.15) is 0 Å². The highest BCUT2D eigenvalue weighted by molar-refractivity contribution is 5.86. The predicted molar refractivity (Wildman–Crippen MR) is 100 cm³/mol. The van der Waals surface area contributed by atoms with Crippen LogP contribution in [0.2, 0.25) is 0 Å². The molecular weight excluding hydrogens is 347 g/mol. The number of benzene rings is 3. The van der Waals surface area contributed by atoms with Crippen LogP contribution in [0.3, 0.4) is 0 Å². The number of hydrogen-bond acceptors (Lipinski definition) is 3. The van der Waals surface area contributed by atoms with E-state index in [-0.39, 0.29) is 12.2 Å². The Morgan fingerprint density at radius 2 is 1.67 bits per heavy atom. The molecule has 2 amide bonds. The summed E-state index contributed by atoms with van der Waals surface area (Å²) in [5, 5.41) is 2.09. The maximum atomic E-state index is 12.9. The first-order valence-corrected chi connectivity index (χ1v) is 8.50. The fourth-order valence-corrected chi connectivity index (χ4v) is 2.56. The Morgan fingerprint density at radius 1 is 0.963 bits per heavy atom. The largest absolute Gasteiger partial charge is 0.481 e. The van der Waals surface area contributed by atoms with Gasteiger partial charge in [-0.3, -0.25) is 20.4 Å². The van der Waals surface area contributed by atoms with Crippen LogP contribution in [0, 0.1) is 5.82 Å². The number of hydrazine groups is 1. The van der Waals surface area contributed by atoms with Crippen LogP contribution in [-0.4, -0.2) is 17.9 Å². The third kappa shape index (κ3) is 5.04. The first kappa shape index (κ1) is 18.4. The molecule has 0 aliphatic carbocycles. The lowest BCUT2D eigenvalue weighted by Gasteiger charge is -2.15. The Morgan fingerprint density at radius 3 is 2.41 bits per heavy atom. The average molecular weight is 366 g/mol. The van der Waals surface area contributed by atoms with Crippen molar-refractivity contribution in [3.8, 4) is 5.75 Å². The Bertz CT molecular complexity index is 957. The summed E-state index contributed by atoms with van der Waals surface area (Å²) in [6.07, 6.45) is -0.766. The average Bonchev–Trinajstić information content (AvgIpc) is 2.67. The predicted octanol–water partition coefficient (Wildman–Crippen LogP) is 3.14. The van der Waals surface area contributed by atoms with Crippen molar-refractivity contribution in [2.24, 2.45) is 0 Å². The highest BCUT2D eigenvalue weighted by Crippen LogP contribution is 2.21. The van der Waals surface area contributed by atoms with E-state index in [4.69, 9.17) is 4.74 Å². The first-order valence-electron chi connectivity index (χ1n) is 8.50. The lowest BCUT2D eigenvalue weighted by Crippen LogP contribution is -2.47.